The van der Waals surface area contributed by atoms with Gasteiger partial charge in [0.1, 0.15) is 22.8 Å². The van der Waals surface area contributed by atoms with E-state index >= 15 is 0 Å². The van der Waals surface area contributed by atoms with Crippen LogP contribution in [-0.4, -0.2) is 65.2 Å². The quantitative estimate of drug-likeness (QED) is 0.0122. The van der Waals surface area contributed by atoms with E-state index in [1.807, 2.05) is 92.7 Å². The molecule has 1 aromatic heterocycles. The summed E-state index contributed by atoms with van der Waals surface area (Å²) in [7, 11) is -4.31. The number of nitrogens with zero attached hydrogens (tertiary/aromatic N) is 1. The maximum absolute atomic E-state index is 13.9. The van der Waals surface area contributed by atoms with E-state index in [-0.39, 0.29) is 30.2 Å². The molecule has 0 saturated heterocycles. The Balaban J connectivity index is 1.27. The first kappa shape index (κ1) is 51.3. The molecule has 0 spiro atoms. The first-order chi connectivity index (χ1) is 32.0. The number of unbranched alkanes of at least 4 members (excludes halogenated alkanes) is 2. The molecule has 352 valence electrons. The molecule has 66 heavy (non-hydrogen) atoms. The van der Waals surface area contributed by atoms with Gasteiger partial charge in [0.2, 0.25) is 20.7 Å². The first-order valence-corrected chi connectivity index (χ1v) is 24.0. The van der Waals surface area contributed by atoms with Gasteiger partial charge in [0.25, 0.3) is 5.91 Å². The Kier molecular flexibility index (Phi) is 21.0. The molecule has 3 amide bonds. The molecule has 0 fully saturated rings. The number of amides is 3. The highest BCUT2D eigenvalue weighted by Crippen LogP contribution is 2.42. The molecule has 4 aromatic carbocycles. The third-order valence-corrected chi connectivity index (χ3v) is 11.9. The molecular weight excluding hydrogens is 888 g/mol. The van der Waals surface area contributed by atoms with Crippen LogP contribution in [0.2, 0.25) is 0 Å². The van der Waals surface area contributed by atoms with Gasteiger partial charge in [-0.25, -0.2) is 4.79 Å². The summed E-state index contributed by atoms with van der Waals surface area (Å²) >= 11 is 0. The van der Waals surface area contributed by atoms with Crippen LogP contribution in [0.4, 0.5) is 0 Å². The molecule has 0 bridgehead atoms. The number of benzene rings is 4. The molecule has 16 nitrogen and oxygen atoms in total. The maximum atomic E-state index is 13.9. The van der Waals surface area contributed by atoms with Gasteiger partial charge in [0.15, 0.2) is 12.6 Å². The van der Waals surface area contributed by atoms with Gasteiger partial charge in [-0.3, -0.25) is 18.9 Å². The molecule has 0 aliphatic heterocycles. The van der Waals surface area contributed by atoms with Crippen molar-refractivity contribution in [2.45, 2.75) is 79.1 Å². The molecule has 2 atom stereocenters. The second-order valence-corrected chi connectivity index (χ2v) is 17.1. The minimum atomic E-state index is -2.70. The Bertz CT molecular complexity index is 2250. The number of hydrogen-bond acceptors (Lipinski definition) is 13. The van der Waals surface area contributed by atoms with Crippen LogP contribution in [0.3, 0.4) is 0 Å². The molecule has 0 radical (unpaired) electrons. The standard InChI is InChI=1S/C48H57N3O13P2/c1-5-8-11-22-40(41(6-2)51(32-52)64-48(55)45-34(4)17-16-23-43(45)59-33-62-66(56)57)46(53)49-31-50-47(54)44-25-24-42(63-44)37-26-38(58-7-3)28-39(27-37)65(60-29-35-18-12-9-13-19-35)61-30-36-20-14-10-15-21-36/h9-10,12-21,23-28,32,40-41,56-57H,5-8,11,22,29-31,33H2,1-4H3,(H,49,53)(H,50,54). The molecule has 5 rings (SSSR count). The number of carbonyl (C=O) groups excluding carboxylic acids is 4. The van der Waals surface area contributed by atoms with E-state index in [4.69, 9.17) is 37.6 Å². The number of ether oxygens (including phenoxy) is 2. The lowest BCUT2D eigenvalue weighted by molar-refractivity contribution is -0.171. The smallest absolute Gasteiger partial charge is 0.367 e. The van der Waals surface area contributed by atoms with Crippen molar-refractivity contribution in [1.29, 1.82) is 0 Å². The third-order valence-electron chi connectivity index (χ3n) is 10.2. The molecule has 1 heterocycles. The van der Waals surface area contributed by atoms with Crippen molar-refractivity contribution >= 4 is 46.5 Å². The van der Waals surface area contributed by atoms with Crippen molar-refractivity contribution in [2.24, 2.45) is 5.92 Å². The van der Waals surface area contributed by atoms with E-state index in [0.29, 0.717) is 61.7 Å². The number of aryl methyl sites for hydroxylation is 1. The van der Waals surface area contributed by atoms with Crippen molar-refractivity contribution in [1.82, 2.24) is 15.7 Å². The second-order valence-electron chi connectivity index (χ2n) is 14.8. The SMILES string of the molecule is CCCCCC(C(=O)NCNC(=O)c1ccc(-c2cc(OCC)cc(P(OCc3ccccc3)OCc3ccccc3)c2)o1)C(CC)N(C=O)OC(=O)c1c(C)cccc1OCOP(O)O. The van der Waals surface area contributed by atoms with Crippen molar-refractivity contribution in [3.05, 3.63) is 137 Å². The van der Waals surface area contributed by atoms with Crippen LogP contribution in [0.15, 0.2) is 114 Å². The summed E-state index contributed by atoms with van der Waals surface area (Å²) in [5, 5.41) is 7.01. The fraction of sp³-hybridized carbons (Fsp3) is 0.333. The first-order valence-electron chi connectivity index (χ1n) is 21.6. The fourth-order valence-electron chi connectivity index (χ4n) is 6.95. The summed E-state index contributed by atoms with van der Waals surface area (Å²) in [6, 6.07) is 32.3. The summed E-state index contributed by atoms with van der Waals surface area (Å²) in [6.07, 6.45) is 3.27. The normalized spacial score (nSPS) is 12.1. The number of rotatable bonds is 28. The number of carbonyl (C=O) groups is 4. The zero-order valence-corrected chi connectivity index (χ0v) is 39.2. The summed E-state index contributed by atoms with van der Waals surface area (Å²) in [4.78, 5) is 77.1. The van der Waals surface area contributed by atoms with E-state index < -0.39 is 53.5 Å². The van der Waals surface area contributed by atoms with Gasteiger partial charge in [-0.05, 0) is 79.8 Å². The van der Waals surface area contributed by atoms with Gasteiger partial charge >= 0.3 is 14.6 Å². The van der Waals surface area contributed by atoms with Crippen LogP contribution in [0.5, 0.6) is 11.5 Å². The van der Waals surface area contributed by atoms with E-state index in [1.54, 1.807) is 32.0 Å². The molecule has 4 N–H and O–H groups in total. The van der Waals surface area contributed by atoms with Gasteiger partial charge in [-0.1, -0.05) is 106 Å². The molecule has 18 heteroatoms. The van der Waals surface area contributed by atoms with E-state index in [1.165, 1.54) is 12.1 Å². The lowest BCUT2D eigenvalue weighted by atomic mass is 9.90. The average Bonchev–Trinajstić information content (AvgIpc) is 3.82. The van der Waals surface area contributed by atoms with Crippen molar-refractivity contribution in [3.63, 3.8) is 0 Å². The van der Waals surface area contributed by atoms with Gasteiger partial charge in [-0.15, -0.1) is 0 Å². The number of nitrogens with one attached hydrogen (secondary N) is 2. The monoisotopic (exact) mass is 945 g/mol. The lowest BCUT2D eigenvalue weighted by Crippen LogP contribution is -2.49. The summed E-state index contributed by atoms with van der Waals surface area (Å²) in [5.74, 6) is -1.84. The minimum absolute atomic E-state index is 0.00451. The second kappa shape index (κ2) is 27.1. The molecule has 0 saturated carbocycles. The Morgan fingerprint density at radius 2 is 1.50 bits per heavy atom. The molecular formula is C48H57N3O13P2. The molecule has 0 aliphatic carbocycles. The topological polar surface area (TPSA) is 205 Å². The van der Waals surface area contributed by atoms with Crippen LogP contribution in [0.1, 0.15) is 90.5 Å². The van der Waals surface area contributed by atoms with Gasteiger partial charge in [0, 0.05) is 10.9 Å². The zero-order valence-electron chi connectivity index (χ0n) is 37.4. The highest BCUT2D eigenvalue weighted by Gasteiger charge is 2.34. The summed E-state index contributed by atoms with van der Waals surface area (Å²) in [6.45, 7) is 7.52. The largest absolute Gasteiger partial charge is 0.494 e. The van der Waals surface area contributed by atoms with Crippen LogP contribution < -0.4 is 25.4 Å². The summed E-state index contributed by atoms with van der Waals surface area (Å²) in [5.41, 5.74) is 3.04. The minimum Gasteiger partial charge on any atom is -0.494 e. The number of hydrogen-bond donors (Lipinski definition) is 4. The van der Waals surface area contributed by atoms with Crippen LogP contribution in [0.25, 0.3) is 11.3 Å². The molecule has 0 aliphatic rings. The van der Waals surface area contributed by atoms with Gasteiger partial charge < -0.3 is 48.2 Å². The van der Waals surface area contributed by atoms with Crippen molar-refractivity contribution in [2.75, 3.05) is 20.1 Å². The fourth-order valence-corrected chi connectivity index (χ4v) is 8.48. The maximum Gasteiger partial charge on any atom is 0.367 e. The highest BCUT2D eigenvalue weighted by atomic mass is 31.2. The number of furan rings is 1. The Morgan fingerprint density at radius 1 is 0.803 bits per heavy atom. The van der Waals surface area contributed by atoms with Crippen LogP contribution >= 0.6 is 17.0 Å². The molecule has 2 unspecified atom stereocenters. The van der Waals surface area contributed by atoms with Crippen LogP contribution in [-0.2, 0) is 41.2 Å². The van der Waals surface area contributed by atoms with Crippen molar-refractivity contribution < 1.29 is 61.3 Å². The third kappa shape index (κ3) is 15.5. The zero-order chi connectivity index (χ0) is 47.3. The lowest BCUT2D eigenvalue weighted by Gasteiger charge is -2.32. The van der Waals surface area contributed by atoms with Crippen LogP contribution in [0, 0.1) is 12.8 Å². The summed E-state index contributed by atoms with van der Waals surface area (Å²) < 4.78 is 35.0. The predicted molar refractivity (Wildman–Crippen MR) is 249 cm³/mol. The Hall–Kier alpha value is -5.70. The van der Waals surface area contributed by atoms with E-state index in [9.17, 15) is 19.2 Å². The number of hydroxylamine groups is 2. The van der Waals surface area contributed by atoms with Gasteiger partial charge in [-0.2, -0.15) is 5.06 Å². The van der Waals surface area contributed by atoms with E-state index in [0.717, 1.165) is 34.3 Å². The van der Waals surface area contributed by atoms with Gasteiger partial charge in [0.05, 0.1) is 38.4 Å². The highest BCUT2D eigenvalue weighted by molar-refractivity contribution is 7.56. The Labute approximate surface area is 387 Å². The van der Waals surface area contributed by atoms with Crippen molar-refractivity contribution in [3.8, 4) is 22.8 Å². The average molecular weight is 946 g/mol. The molecule has 5 aromatic rings. The van der Waals surface area contributed by atoms with E-state index in [2.05, 4.69) is 15.2 Å². The predicted octanol–water partition coefficient (Wildman–Crippen LogP) is 8.60. The Morgan fingerprint density at radius 3 is 2.12 bits per heavy atom.